The molecule has 19 heavy (non-hydrogen) atoms. The molecule has 0 aliphatic carbocycles. The Morgan fingerprint density at radius 2 is 1.84 bits per heavy atom. The quantitative estimate of drug-likeness (QED) is 0.834. The maximum atomic E-state index is 9.42. The van der Waals surface area contributed by atoms with E-state index >= 15 is 0 Å². The molecule has 0 aliphatic heterocycles. The maximum Gasteiger partial charge on any atom is 0.119 e. The van der Waals surface area contributed by atoms with Gasteiger partial charge in [-0.1, -0.05) is 51.5 Å². The Morgan fingerprint density at radius 1 is 1.21 bits per heavy atom. The Morgan fingerprint density at radius 3 is 2.37 bits per heavy atom. The summed E-state index contributed by atoms with van der Waals surface area (Å²) in [7, 11) is -1.62. The molecule has 1 aromatic heterocycles. The van der Waals surface area contributed by atoms with Crippen LogP contribution in [0, 0.1) is 0 Å². The van der Waals surface area contributed by atoms with Crippen molar-refractivity contribution in [3.63, 3.8) is 0 Å². The van der Waals surface area contributed by atoms with Crippen LogP contribution in [0.2, 0.25) is 23.2 Å². The summed E-state index contributed by atoms with van der Waals surface area (Å²) in [6, 6.07) is 6.21. The van der Waals surface area contributed by atoms with E-state index in [0.717, 1.165) is 5.52 Å². The second-order valence-corrected chi connectivity index (χ2v) is 12.4. The molecule has 4 heteroatoms. The molecule has 1 heterocycles. The number of nitrogens with zero attached hydrogens (tertiary/aromatic N) is 1. The SMILES string of the molecule is CC(C)(C)[Si](C)(C)c1ccc(Cl)c2c1ccn2CO. The summed E-state index contributed by atoms with van der Waals surface area (Å²) in [6.45, 7) is 11.7. The summed E-state index contributed by atoms with van der Waals surface area (Å²) in [5.41, 5.74) is 0.950. The molecule has 0 fully saturated rings. The van der Waals surface area contributed by atoms with Gasteiger partial charge in [-0.3, -0.25) is 0 Å². The normalized spacial score (nSPS) is 13.2. The number of hydrogen-bond acceptors (Lipinski definition) is 1. The molecule has 2 aromatic rings. The third-order valence-electron chi connectivity index (χ3n) is 4.58. The molecule has 0 amide bonds. The number of halogens is 1. The van der Waals surface area contributed by atoms with E-state index < -0.39 is 8.07 Å². The predicted octanol–water partition coefficient (Wildman–Crippen LogP) is 3.96. The monoisotopic (exact) mass is 295 g/mol. The van der Waals surface area contributed by atoms with Crippen LogP contribution >= 0.6 is 11.6 Å². The van der Waals surface area contributed by atoms with Crippen molar-refractivity contribution in [3.8, 4) is 0 Å². The van der Waals surface area contributed by atoms with Crippen molar-refractivity contribution in [2.75, 3.05) is 0 Å². The van der Waals surface area contributed by atoms with E-state index in [1.54, 1.807) is 4.57 Å². The van der Waals surface area contributed by atoms with Gasteiger partial charge in [-0.15, -0.1) is 0 Å². The van der Waals surface area contributed by atoms with Gasteiger partial charge in [0.15, 0.2) is 0 Å². The van der Waals surface area contributed by atoms with Crippen molar-refractivity contribution < 1.29 is 5.11 Å². The van der Waals surface area contributed by atoms with Crippen molar-refractivity contribution in [1.29, 1.82) is 0 Å². The summed E-state index contributed by atoms with van der Waals surface area (Å²) in [4.78, 5) is 0. The average Bonchev–Trinajstić information content (AvgIpc) is 2.72. The van der Waals surface area contributed by atoms with Gasteiger partial charge in [0, 0.05) is 11.6 Å². The Labute approximate surface area is 121 Å². The first-order valence-electron chi connectivity index (χ1n) is 6.59. The van der Waals surface area contributed by atoms with Crippen molar-refractivity contribution in [1.82, 2.24) is 4.57 Å². The van der Waals surface area contributed by atoms with Gasteiger partial charge < -0.3 is 9.67 Å². The molecular formula is C15H22ClNOSi. The van der Waals surface area contributed by atoms with Crippen LogP contribution in [0.3, 0.4) is 0 Å². The molecule has 0 saturated heterocycles. The van der Waals surface area contributed by atoms with E-state index in [4.69, 9.17) is 11.6 Å². The number of fused-ring (bicyclic) bond motifs is 1. The van der Waals surface area contributed by atoms with Crippen LogP contribution in [-0.4, -0.2) is 17.7 Å². The highest BCUT2D eigenvalue weighted by Crippen LogP contribution is 2.37. The van der Waals surface area contributed by atoms with Crippen LogP contribution in [0.25, 0.3) is 10.9 Å². The largest absolute Gasteiger partial charge is 0.376 e. The van der Waals surface area contributed by atoms with Crippen LogP contribution in [0.15, 0.2) is 24.4 Å². The van der Waals surface area contributed by atoms with Crippen LogP contribution in [0.4, 0.5) is 0 Å². The Balaban J connectivity index is 2.77. The highest BCUT2D eigenvalue weighted by Gasteiger charge is 2.38. The van der Waals surface area contributed by atoms with E-state index in [9.17, 15) is 5.11 Å². The molecule has 2 nitrogen and oxygen atoms in total. The minimum absolute atomic E-state index is 0.0375. The maximum absolute atomic E-state index is 9.42. The molecule has 0 aliphatic rings. The highest BCUT2D eigenvalue weighted by atomic mass is 35.5. The molecule has 2 rings (SSSR count). The zero-order chi connectivity index (χ0) is 14.4. The lowest BCUT2D eigenvalue weighted by atomic mass is 10.2. The summed E-state index contributed by atoms with van der Waals surface area (Å²) in [6.07, 6.45) is 1.91. The third-order valence-corrected chi connectivity index (χ3v) is 10.4. The van der Waals surface area contributed by atoms with Gasteiger partial charge in [0.25, 0.3) is 0 Å². The van der Waals surface area contributed by atoms with E-state index in [1.807, 2.05) is 12.3 Å². The van der Waals surface area contributed by atoms with Gasteiger partial charge in [-0.2, -0.15) is 0 Å². The molecule has 0 spiro atoms. The fraction of sp³-hybridized carbons (Fsp3) is 0.467. The lowest BCUT2D eigenvalue weighted by Crippen LogP contribution is -2.49. The van der Waals surface area contributed by atoms with Crippen molar-refractivity contribution in [3.05, 3.63) is 29.4 Å². The zero-order valence-corrected chi connectivity index (χ0v) is 14.0. The lowest BCUT2D eigenvalue weighted by molar-refractivity contribution is 0.215. The van der Waals surface area contributed by atoms with E-state index in [0.29, 0.717) is 5.02 Å². The standard InChI is InChI=1S/C15H22ClNOSi/c1-15(2,3)19(4,5)13-7-6-12(16)14-11(13)8-9-17(14)10-18/h6-9,18H,10H2,1-5H3. The second-order valence-electron chi connectivity index (χ2n) is 6.66. The molecule has 0 atom stereocenters. The van der Waals surface area contributed by atoms with E-state index in [1.165, 1.54) is 10.6 Å². The first-order chi connectivity index (χ1) is 8.70. The minimum Gasteiger partial charge on any atom is -0.376 e. The zero-order valence-electron chi connectivity index (χ0n) is 12.3. The second kappa shape index (κ2) is 4.65. The van der Waals surface area contributed by atoms with Crippen LogP contribution in [-0.2, 0) is 6.73 Å². The molecule has 0 unspecified atom stereocenters. The molecule has 0 saturated carbocycles. The van der Waals surface area contributed by atoms with Crippen LogP contribution in [0.1, 0.15) is 20.8 Å². The van der Waals surface area contributed by atoms with Gasteiger partial charge in [0.1, 0.15) is 6.73 Å². The number of hydrogen-bond donors (Lipinski definition) is 1. The minimum atomic E-state index is -1.62. The highest BCUT2D eigenvalue weighted by molar-refractivity contribution is 6.93. The van der Waals surface area contributed by atoms with Gasteiger partial charge in [-0.25, -0.2) is 0 Å². The van der Waals surface area contributed by atoms with Crippen LogP contribution < -0.4 is 5.19 Å². The predicted molar refractivity (Wildman–Crippen MR) is 86.0 cm³/mol. The Bertz CT molecular complexity index is 610. The van der Waals surface area contributed by atoms with Crippen molar-refractivity contribution in [2.45, 2.75) is 45.6 Å². The fourth-order valence-corrected chi connectivity index (χ4v) is 4.80. The number of rotatable bonds is 2. The number of aliphatic hydroxyl groups is 1. The van der Waals surface area contributed by atoms with E-state index in [2.05, 4.69) is 46.0 Å². The van der Waals surface area contributed by atoms with Crippen LogP contribution in [0.5, 0.6) is 0 Å². The average molecular weight is 296 g/mol. The molecule has 1 N–H and O–H groups in total. The summed E-state index contributed by atoms with van der Waals surface area (Å²) >= 11 is 6.30. The lowest BCUT2D eigenvalue weighted by Gasteiger charge is -2.38. The molecule has 0 bridgehead atoms. The molecular weight excluding hydrogens is 274 g/mol. The van der Waals surface area contributed by atoms with Crippen molar-refractivity contribution >= 4 is 35.8 Å². The number of benzene rings is 1. The first kappa shape index (κ1) is 14.6. The van der Waals surface area contributed by atoms with Gasteiger partial charge in [-0.05, 0) is 22.4 Å². The summed E-state index contributed by atoms with van der Waals surface area (Å²) in [5, 5.41) is 13.0. The number of aromatic nitrogens is 1. The first-order valence-corrected chi connectivity index (χ1v) is 9.96. The van der Waals surface area contributed by atoms with Gasteiger partial charge >= 0.3 is 0 Å². The smallest absolute Gasteiger partial charge is 0.119 e. The Kier molecular flexibility index (Phi) is 3.58. The third kappa shape index (κ3) is 2.24. The molecule has 104 valence electrons. The summed E-state index contributed by atoms with van der Waals surface area (Å²) < 4.78 is 1.80. The molecule has 0 radical (unpaired) electrons. The topological polar surface area (TPSA) is 25.2 Å². The van der Waals surface area contributed by atoms with Gasteiger partial charge in [0.2, 0.25) is 0 Å². The fourth-order valence-electron chi connectivity index (χ4n) is 2.35. The Hall–Kier alpha value is -0.773. The van der Waals surface area contributed by atoms with Gasteiger partial charge in [0.05, 0.1) is 18.6 Å². The number of aliphatic hydroxyl groups excluding tert-OH is 1. The van der Waals surface area contributed by atoms with Crippen molar-refractivity contribution in [2.24, 2.45) is 0 Å². The molecule has 1 aromatic carbocycles. The van der Waals surface area contributed by atoms with E-state index in [-0.39, 0.29) is 11.8 Å². The summed E-state index contributed by atoms with van der Waals surface area (Å²) in [5.74, 6) is 0.